The third-order valence-electron chi connectivity index (χ3n) is 4.70. The van der Waals surface area contributed by atoms with Crippen LogP contribution < -0.4 is 0 Å². The molecule has 4 atom stereocenters. The van der Waals surface area contributed by atoms with Crippen molar-refractivity contribution in [1.29, 1.82) is 0 Å². The highest BCUT2D eigenvalue weighted by atomic mass is 16.5. The average Bonchev–Trinajstić information content (AvgIpc) is 2.50. The number of benzene rings is 1. The second kappa shape index (κ2) is 7.27. The summed E-state index contributed by atoms with van der Waals surface area (Å²) >= 11 is 0. The number of esters is 1. The average molecular weight is 346 g/mol. The van der Waals surface area contributed by atoms with E-state index in [2.05, 4.69) is 0 Å². The molecule has 1 N–H and O–H groups in total. The molecular weight excluding hydrogens is 324 g/mol. The van der Waals surface area contributed by atoms with E-state index in [0.717, 1.165) is 0 Å². The van der Waals surface area contributed by atoms with Gasteiger partial charge in [0.25, 0.3) is 0 Å². The number of ether oxygens (including phenoxy) is 1. The third-order valence-corrected chi connectivity index (χ3v) is 4.70. The standard InChI is InChI=1S/C19H22O6/c1-11(20)16-14(10-25-18(23)13-7-5-4-6-8-13)17(12(2)21)19(3,24)9-15(16)22/h4-8,14,16-17,24H,9-10H2,1-3H3/t14-,16-,17+,19-/m0/s1. The molecule has 0 saturated heterocycles. The van der Waals surface area contributed by atoms with E-state index in [-0.39, 0.29) is 18.8 Å². The van der Waals surface area contributed by atoms with Crippen molar-refractivity contribution in [2.45, 2.75) is 32.8 Å². The van der Waals surface area contributed by atoms with Crippen LogP contribution in [0.4, 0.5) is 0 Å². The number of ketones is 3. The Morgan fingerprint density at radius 3 is 2.28 bits per heavy atom. The van der Waals surface area contributed by atoms with Crippen LogP contribution >= 0.6 is 0 Å². The zero-order valence-corrected chi connectivity index (χ0v) is 14.5. The molecule has 1 saturated carbocycles. The van der Waals surface area contributed by atoms with Gasteiger partial charge in [0.2, 0.25) is 0 Å². The van der Waals surface area contributed by atoms with Crippen LogP contribution in [0.25, 0.3) is 0 Å². The van der Waals surface area contributed by atoms with Crippen molar-refractivity contribution in [3.8, 4) is 0 Å². The third kappa shape index (κ3) is 4.02. The lowest BCUT2D eigenvalue weighted by Gasteiger charge is -2.43. The zero-order valence-electron chi connectivity index (χ0n) is 14.5. The maximum atomic E-state index is 12.3. The second-order valence-electron chi connectivity index (χ2n) is 6.81. The normalized spacial score (nSPS) is 29.1. The van der Waals surface area contributed by atoms with E-state index in [9.17, 15) is 24.3 Å². The molecule has 2 rings (SSSR count). The first-order chi connectivity index (χ1) is 11.6. The lowest BCUT2D eigenvalue weighted by atomic mass is 9.62. The molecule has 6 heteroatoms. The van der Waals surface area contributed by atoms with Gasteiger partial charge in [0, 0.05) is 12.3 Å². The Labute approximate surface area is 146 Å². The summed E-state index contributed by atoms with van der Waals surface area (Å²) in [6.45, 7) is 3.69. The molecule has 0 heterocycles. The van der Waals surface area contributed by atoms with Gasteiger partial charge in [-0.1, -0.05) is 18.2 Å². The van der Waals surface area contributed by atoms with Gasteiger partial charge in [-0.05, 0) is 32.9 Å². The summed E-state index contributed by atoms with van der Waals surface area (Å²) in [5, 5.41) is 10.5. The van der Waals surface area contributed by atoms with Crippen molar-refractivity contribution in [1.82, 2.24) is 0 Å². The topological polar surface area (TPSA) is 97.7 Å². The number of rotatable bonds is 5. The van der Waals surface area contributed by atoms with Crippen molar-refractivity contribution in [3.05, 3.63) is 35.9 Å². The van der Waals surface area contributed by atoms with Gasteiger partial charge < -0.3 is 9.84 Å². The number of carbonyl (C=O) groups excluding carboxylic acids is 4. The van der Waals surface area contributed by atoms with Crippen LogP contribution in [0.5, 0.6) is 0 Å². The lowest BCUT2D eigenvalue weighted by molar-refractivity contribution is -0.159. The molecule has 134 valence electrons. The maximum absolute atomic E-state index is 12.3. The molecule has 25 heavy (non-hydrogen) atoms. The molecule has 6 nitrogen and oxygen atoms in total. The largest absolute Gasteiger partial charge is 0.462 e. The van der Waals surface area contributed by atoms with Gasteiger partial charge in [-0.25, -0.2) is 4.79 Å². The van der Waals surface area contributed by atoms with E-state index in [0.29, 0.717) is 5.56 Å². The maximum Gasteiger partial charge on any atom is 0.338 e. The Bertz CT molecular complexity index is 691. The fourth-order valence-electron chi connectivity index (χ4n) is 3.75. The quantitative estimate of drug-likeness (QED) is 0.642. The highest BCUT2D eigenvalue weighted by Crippen LogP contribution is 2.41. The Balaban J connectivity index is 2.27. The van der Waals surface area contributed by atoms with Crippen LogP contribution in [0.2, 0.25) is 0 Å². The molecule has 0 amide bonds. The highest BCUT2D eigenvalue weighted by Gasteiger charge is 2.53. The van der Waals surface area contributed by atoms with E-state index in [1.54, 1.807) is 30.3 Å². The SMILES string of the molecule is CC(=O)[C@@H]1C(=O)C[C@](C)(O)[C@H](C(C)=O)[C@H]1COC(=O)c1ccccc1. The zero-order chi connectivity index (χ0) is 18.8. The molecular formula is C19H22O6. The first kappa shape index (κ1) is 19.0. The van der Waals surface area contributed by atoms with Crippen LogP contribution in [-0.2, 0) is 19.1 Å². The monoisotopic (exact) mass is 346 g/mol. The number of aliphatic hydroxyl groups is 1. The minimum absolute atomic E-state index is 0.273. The first-order valence-electron chi connectivity index (χ1n) is 8.13. The van der Waals surface area contributed by atoms with E-state index < -0.39 is 40.9 Å². The minimum atomic E-state index is -1.57. The van der Waals surface area contributed by atoms with Crippen LogP contribution in [0.15, 0.2) is 30.3 Å². The van der Waals surface area contributed by atoms with E-state index in [1.807, 2.05) is 0 Å². The predicted molar refractivity (Wildman–Crippen MR) is 88.8 cm³/mol. The van der Waals surface area contributed by atoms with Crippen LogP contribution in [-0.4, -0.2) is 40.6 Å². The predicted octanol–water partition coefficient (Wildman–Crippen LogP) is 1.59. The smallest absolute Gasteiger partial charge is 0.338 e. The van der Waals surface area contributed by atoms with Gasteiger partial charge >= 0.3 is 5.97 Å². The Morgan fingerprint density at radius 1 is 1.16 bits per heavy atom. The van der Waals surface area contributed by atoms with Gasteiger partial charge in [0.15, 0.2) is 0 Å². The fraction of sp³-hybridized carbons (Fsp3) is 0.474. The van der Waals surface area contributed by atoms with Crippen molar-refractivity contribution in [2.24, 2.45) is 17.8 Å². The Kier molecular flexibility index (Phi) is 5.52. The molecule has 0 spiro atoms. The Hall–Kier alpha value is -2.34. The summed E-state index contributed by atoms with van der Waals surface area (Å²) in [6.07, 6.45) is -0.273. The summed E-state index contributed by atoms with van der Waals surface area (Å²) in [4.78, 5) is 48.5. The first-order valence-corrected chi connectivity index (χ1v) is 8.13. The Morgan fingerprint density at radius 2 is 1.76 bits per heavy atom. The summed E-state index contributed by atoms with van der Waals surface area (Å²) in [7, 11) is 0. The number of carbonyl (C=O) groups is 4. The van der Waals surface area contributed by atoms with Gasteiger partial charge in [-0.3, -0.25) is 14.4 Å². The molecule has 0 radical (unpaired) electrons. The minimum Gasteiger partial charge on any atom is -0.462 e. The van der Waals surface area contributed by atoms with Crippen molar-refractivity contribution in [3.63, 3.8) is 0 Å². The second-order valence-corrected chi connectivity index (χ2v) is 6.81. The van der Waals surface area contributed by atoms with Crippen molar-refractivity contribution < 1.29 is 29.0 Å². The summed E-state index contributed by atoms with van der Waals surface area (Å²) < 4.78 is 5.26. The molecule has 0 aliphatic heterocycles. The van der Waals surface area contributed by atoms with Gasteiger partial charge in [0.05, 0.1) is 29.6 Å². The molecule has 1 aliphatic rings. The number of Topliss-reactive ketones (excluding diaryl/α,β-unsaturated/α-hetero) is 3. The fourth-order valence-corrected chi connectivity index (χ4v) is 3.75. The molecule has 1 fully saturated rings. The number of hydrogen-bond acceptors (Lipinski definition) is 6. The van der Waals surface area contributed by atoms with Crippen molar-refractivity contribution in [2.75, 3.05) is 6.61 Å². The molecule has 0 bridgehead atoms. The van der Waals surface area contributed by atoms with E-state index >= 15 is 0 Å². The van der Waals surface area contributed by atoms with Crippen LogP contribution in [0.1, 0.15) is 37.6 Å². The molecule has 0 aromatic heterocycles. The van der Waals surface area contributed by atoms with Gasteiger partial charge in [-0.2, -0.15) is 0 Å². The van der Waals surface area contributed by atoms with Gasteiger partial charge in [-0.15, -0.1) is 0 Å². The van der Waals surface area contributed by atoms with Crippen molar-refractivity contribution >= 4 is 23.3 Å². The summed E-state index contributed by atoms with van der Waals surface area (Å²) in [5.41, 5.74) is -1.24. The highest BCUT2D eigenvalue weighted by molar-refractivity contribution is 6.04. The summed E-state index contributed by atoms with van der Waals surface area (Å²) in [6, 6.07) is 8.28. The van der Waals surface area contributed by atoms with Crippen LogP contribution in [0, 0.1) is 17.8 Å². The lowest BCUT2D eigenvalue weighted by Crippen LogP contribution is -2.56. The van der Waals surface area contributed by atoms with E-state index in [1.165, 1.54) is 20.8 Å². The molecule has 1 aromatic carbocycles. The van der Waals surface area contributed by atoms with Crippen LogP contribution in [0.3, 0.4) is 0 Å². The summed E-state index contributed by atoms with van der Waals surface area (Å²) in [5.74, 6) is -4.67. The van der Waals surface area contributed by atoms with Gasteiger partial charge in [0.1, 0.15) is 17.3 Å². The molecule has 0 unspecified atom stereocenters. The van der Waals surface area contributed by atoms with E-state index in [4.69, 9.17) is 4.74 Å². The molecule has 1 aromatic rings. The number of hydrogen-bond donors (Lipinski definition) is 1. The molecule has 1 aliphatic carbocycles.